The molecule has 1 atom stereocenters. The molecule has 0 bridgehead atoms. The lowest BCUT2D eigenvalue weighted by Crippen LogP contribution is -2.44. The molecule has 1 aromatic rings. The second kappa shape index (κ2) is 5.96. The van der Waals surface area contributed by atoms with Gasteiger partial charge in [0, 0.05) is 5.38 Å². The summed E-state index contributed by atoms with van der Waals surface area (Å²) in [7, 11) is 0. The van der Waals surface area contributed by atoms with Gasteiger partial charge in [-0.05, 0) is 6.92 Å². The monoisotopic (exact) mass is 273 g/mol. The van der Waals surface area contributed by atoms with E-state index >= 15 is 0 Å². The van der Waals surface area contributed by atoms with E-state index in [4.69, 9.17) is 10.2 Å². The van der Waals surface area contributed by atoms with Gasteiger partial charge < -0.3 is 15.5 Å². The number of amides is 2. The number of urea groups is 1. The largest absolute Gasteiger partial charge is 0.481 e. The van der Waals surface area contributed by atoms with Gasteiger partial charge in [-0.2, -0.15) is 0 Å². The van der Waals surface area contributed by atoms with Crippen molar-refractivity contribution in [1.29, 1.82) is 0 Å². The van der Waals surface area contributed by atoms with Crippen molar-refractivity contribution in [3.63, 3.8) is 0 Å². The van der Waals surface area contributed by atoms with Crippen LogP contribution in [0.2, 0.25) is 0 Å². The average Bonchev–Trinajstić information content (AvgIpc) is 2.62. The van der Waals surface area contributed by atoms with Crippen LogP contribution in [-0.2, 0) is 9.59 Å². The zero-order valence-electron chi connectivity index (χ0n) is 9.34. The first kappa shape index (κ1) is 13.9. The number of nitrogens with one attached hydrogen (secondary N) is 2. The summed E-state index contributed by atoms with van der Waals surface area (Å²) >= 11 is 1.18. The second-order valence-corrected chi connectivity index (χ2v) is 4.24. The Morgan fingerprint density at radius 2 is 2.11 bits per heavy atom. The summed E-state index contributed by atoms with van der Waals surface area (Å²) in [6.45, 7) is 1.74. The number of nitrogens with zero attached hydrogens (tertiary/aromatic N) is 1. The highest BCUT2D eigenvalue weighted by atomic mass is 32.1. The van der Waals surface area contributed by atoms with Gasteiger partial charge in [0.25, 0.3) is 0 Å². The molecule has 4 N–H and O–H groups in total. The van der Waals surface area contributed by atoms with Crippen LogP contribution < -0.4 is 10.6 Å². The number of hydrogen-bond donors (Lipinski definition) is 4. The fourth-order valence-electron chi connectivity index (χ4n) is 1.08. The Kier molecular flexibility index (Phi) is 4.60. The van der Waals surface area contributed by atoms with Gasteiger partial charge in [-0.1, -0.05) is 0 Å². The first-order valence-corrected chi connectivity index (χ1v) is 5.70. The quantitative estimate of drug-likeness (QED) is 0.618. The molecule has 0 spiro atoms. The molecule has 0 saturated heterocycles. The van der Waals surface area contributed by atoms with E-state index < -0.39 is 30.4 Å². The van der Waals surface area contributed by atoms with Crippen molar-refractivity contribution in [2.75, 3.05) is 5.32 Å². The maximum atomic E-state index is 11.4. The highest BCUT2D eigenvalue weighted by Gasteiger charge is 2.23. The number of aliphatic carboxylic acids is 2. The third kappa shape index (κ3) is 4.37. The fraction of sp³-hybridized carbons (Fsp3) is 0.333. The number of aryl methyl sites for hydroxylation is 1. The standard InChI is InChI=1S/C9H11N3O5S/c1-4-3-18-9(10-4)12-8(17)11-5(7(15)16)2-6(13)14/h3,5H,2H2,1H3,(H,13,14)(H,15,16)(H2,10,11,12,17)/t5-/m1/s1. The molecule has 0 aromatic carbocycles. The molecule has 0 unspecified atom stereocenters. The average molecular weight is 273 g/mol. The van der Waals surface area contributed by atoms with E-state index in [1.165, 1.54) is 11.3 Å². The van der Waals surface area contributed by atoms with Crippen molar-refractivity contribution in [2.24, 2.45) is 0 Å². The number of carbonyl (C=O) groups excluding carboxylic acids is 1. The molecule has 2 amide bonds. The molecule has 18 heavy (non-hydrogen) atoms. The number of anilines is 1. The molecule has 8 nitrogen and oxygen atoms in total. The predicted molar refractivity (Wildman–Crippen MR) is 62.7 cm³/mol. The Labute approximate surface area is 106 Å². The van der Waals surface area contributed by atoms with Gasteiger partial charge in [-0.3, -0.25) is 10.1 Å². The minimum absolute atomic E-state index is 0.310. The molecule has 98 valence electrons. The van der Waals surface area contributed by atoms with Crippen molar-refractivity contribution < 1.29 is 24.6 Å². The van der Waals surface area contributed by atoms with Gasteiger partial charge >= 0.3 is 18.0 Å². The van der Waals surface area contributed by atoms with Gasteiger partial charge in [0.15, 0.2) is 5.13 Å². The SMILES string of the molecule is Cc1csc(NC(=O)N[C@H](CC(=O)O)C(=O)O)n1. The van der Waals surface area contributed by atoms with Gasteiger partial charge in [0.1, 0.15) is 6.04 Å². The smallest absolute Gasteiger partial charge is 0.326 e. The number of carbonyl (C=O) groups is 3. The summed E-state index contributed by atoms with van der Waals surface area (Å²) in [4.78, 5) is 36.5. The second-order valence-electron chi connectivity index (χ2n) is 3.38. The Morgan fingerprint density at radius 3 is 2.56 bits per heavy atom. The van der Waals surface area contributed by atoms with Crippen LogP contribution in [0, 0.1) is 6.92 Å². The maximum Gasteiger partial charge on any atom is 0.326 e. The molecule has 0 aliphatic heterocycles. The zero-order chi connectivity index (χ0) is 13.7. The van der Waals surface area contributed by atoms with Crippen molar-refractivity contribution in [1.82, 2.24) is 10.3 Å². The lowest BCUT2D eigenvalue weighted by molar-refractivity contribution is -0.145. The molecular weight excluding hydrogens is 262 g/mol. The Morgan fingerprint density at radius 1 is 1.44 bits per heavy atom. The fourth-order valence-corrected chi connectivity index (χ4v) is 1.76. The van der Waals surface area contributed by atoms with Crippen LogP contribution in [0.1, 0.15) is 12.1 Å². The molecule has 1 rings (SSSR count). The third-order valence-corrected chi connectivity index (χ3v) is 2.70. The van der Waals surface area contributed by atoms with E-state index in [2.05, 4.69) is 10.3 Å². The van der Waals surface area contributed by atoms with Gasteiger partial charge in [0.05, 0.1) is 12.1 Å². The highest BCUT2D eigenvalue weighted by Crippen LogP contribution is 2.13. The summed E-state index contributed by atoms with van der Waals surface area (Å²) in [5, 5.41) is 23.6. The van der Waals surface area contributed by atoms with Crippen molar-refractivity contribution in [3.05, 3.63) is 11.1 Å². The normalized spacial score (nSPS) is 11.6. The number of aromatic nitrogens is 1. The Bertz CT molecular complexity index is 473. The molecule has 0 radical (unpaired) electrons. The Hall–Kier alpha value is -2.16. The number of carboxylic acid groups (broad SMARTS) is 2. The first-order chi connectivity index (χ1) is 8.38. The van der Waals surface area contributed by atoms with Crippen molar-refractivity contribution >= 4 is 34.4 Å². The summed E-state index contributed by atoms with van der Waals surface area (Å²) in [6.07, 6.45) is -0.695. The molecule has 0 fully saturated rings. The predicted octanol–water partition coefficient (Wildman–Crippen LogP) is 0.501. The van der Waals surface area contributed by atoms with E-state index in [0.717, 1.165) is 5.69 Å². The third-order valence-electron chi connectivity index (χ3n) is 1.82. The van der Waals surface area contributed by atoms with Crippen LogP contribution >= 0.6 is 11.3 Å². The van der Waals surface area contributed by atoms with Gasteiger partial charge in [-0.15, -0.1) is 11.3 Å². The Balaban J connectivity index is 2.56. The van der Waals surface area contributed by atoms with Crippen molar-refractivity contribution in [2.45, 2.75) is 19.4 Å². The first-order valence-electron chi connectivity index (χ1n) is 4.82. The van der Waals surface area contributed by atoms with E-state index in [-0.39, 0.29) is 0 Å². The lowest BCUT2D eigenvalue weighted by Gasteiger charge is -2.11. The van der Waals surface area contributed by atoms with Gasteiger partial charge in [0.2, 0.25) is 0 Å². The van der Waals surface area contributed by atoms with Crippen LogP contribution in [0.5, 0.6) is 0 Å². The van der Waals surface area contributed by atoms with E-state index in [1.807, 2.05) is 5.32 Å². The zero-order valence-corrected chi connectivity index (χ0v) is 10.2. The summed E-state index contributed by atoms with van der Waals surface area (Å²) in [5.74, 6) is -2.73. The van der Waals surface area contributed by atoms with Crippen LogP contribution in [0.15, 0.2) is 5.38 Å². The van der Waals surface area contributed by atoms with E-state index in [0.29, 0.717) is 5.13 Å². The van der Waals surface area contributed by atoms with Crippen molar-refractivity contribution in [3.8, 4) is 0 Å². The summed E-state index contributed by atoms with van der Waals surface area (Å²) in [6, 6.07) is -2.29. The van der Waals surface area contributed by atoms with E-state index in [9.17, 15) is 14.4 Å². The minimum atomic E-state index is -1.48. The molecule has 9 heteroatoms. The van der Waals surface area contributed by atoms with Crippen LogP contribution in [0.4, 0.5) is 9.93 Å². The number of rotatable bonds is 5. The minimum Gasteiger partial charge on any atom is -0.481 e. The van der Waals surface area contributed by atoms with Crippen LogP contribution in [-0.4, -0.2) is 39.2 Å². The molecule has 0 aliphatic rings. The highest BCUT2D eigenvalue weighted by molar-refractivity contribution is 7.13. The number of hydrogen-bond acceptors (Lipinski definition) is 5. The maximum absolute atomic E-state index is 11.4. The number of thiazole rings is 1. The topological polar surface area (TPSA) is 129 Å². The molecule has 1 heterocycles. The molecule has 0 aliphatic carbocycles. The number of carboxylic acids is 2. The van der Waals surface area contributed by atoms with Gasteiger partial charge in [-0.25, -0.2) is 14.6 Å². The molecule has 0 saturated carbocycles. The summed E-state index contributed by atoms with van der Waals surface area (Å²) < 4.78 is 0. The summed E-state index contributed by atoms with van der Waals surface area (Å²) in [5.41, 5.74) is 0.718. The van der Waals surface area contributed by atoms with Crippen LogP contribution in [0.3, 0.4) is 0 Å². The molecular formula is C9H11N3O5S. The van der Waals surface area contributed by atoms with Crippen LogP contribution in [0.25, 0.3) is 0 Å². The molecule has 1 aromatic heterocycles. The van der Waals surface area contributed by atoms with E-state index in [1.54, 1.807) is 12.3 Å². The lowest BCUT2D eigenvalue weighted by atomic mass is 10.2.